The van der Waals surface area contributed by atoms with Gasteiger partial charge in [-0.3, -0.25) is 4.98 Å². The molecule has 0 saturated heterocycles. The molecular formula is C37H23N3. The minimum atomic E-state index is 0.917. The number of hydrogen-bond acceptors (Lipinski definition) is 3. The van der Waals surface area contributed by atoms with Gasteiger partial charge < -0.3 is 0 Å². The topological polar surface area (TPSA) is 38.7 Å². The summed E-state index contributed by atoms with van der Waals surface area (Å²) in [6, 6.07) is 46.7. The molecule has 40 heavy (non-hydrogen) atoms. The molecule has 3 nitrogen and oxygen atoms in total. The molecule has 3 heteroatoms. The molecule has 0 amide bonds. The summed E-state index contributed by atoms with van der Waals surface area (Å²) >= 11 is 0. The van der Waals surface area contributed by atoms with Gasteiger partial charge >= 0.3 is 0 Å². The van der Waals surface area contributed by atoms with Crippen molar-refractivity contribution in [1.82, 2.24) is 15.0 Å². The minimum absolute atomic E-state index is 0.917. The van der Waals surface area contributed by atoms with Gasteiger partial charge in [0.25, 0.3) is 0 Å². The van der Waals surface area contributed by atoms with Gasteiger partial charge in [-0.15, -0.1) is 0 Å². The van der Waals surface area contributed by atoms with E-state index in [1.54, 1.807) is 0 Å². The van der Waals surface area contributed by atoms with Crippen molar-refractivity contribution in [2.45, 2.75) is 0 Å². The summed E-state index contributed by atoms with van der Waals surface area (Å²) in [4.78, 5) is 14.8. The van der Waals surface area contributed by atoms with Gasteiger partial charge in [0.1, 0.15) is 0 Å². The van der Waals surface area contributed by atoms with Crippen LogP contribution >= 0.6 is 0 Å². The van der Waals surface area contributed by atoms with E-state index in [0.29, 0.717) is 0 Å². The predicted octanol–water partition coefficient (Wildman–Crippen LogP) is 9.49. The molecule has 0 aliphatic rings. The number of para-hydroxylation sites is 1. The normalized spacial score (nSPS) is 11.5. The standard InChI is InChI=1S/C37H23N3/c1-2-10-30-24(6-1)7-3-11-31(30)28-15-13-25-17-19-33(39-35(25)22-28)29-16-14-26-18-20-34(40-36(26)23-29)32-12-4-8-27-9-5-21-38-37(27)32/h1-23H. The Hall–Kier alpha value is -5.41. The molecule has 0 unspecified atom stereocenters. The Morgan fingerprint density at radius 1 is 0.400 bits per heavy atom. The lowest BCUT2D eigenvalue weighted by Crippen LogP contribution is -1.90. The Morgan fingerprint density at radius 3 is 1.90 bits per heavy atom. The van der Waals surface area contributed by atoms with E-state index in [9.17, 15) is 0 Å². The van der Waals surface area contributed by atoms with Crippen molar-refractivity contribution in [2.75, 3.05) is 0 Å². The molecule has 0 bridgehead atoms. The van der Waals surface area contributed by atoms with Crippen molar-refractivity contribution in [3.8, 4) is 33.6 Å². The Morgan fingerprint density at radius 2 is 1.02 bits per heavy atom. The van der Waals surface area contributed by atoms with Crippen LogP contribution in [0.3, 0.4) is 0 Å². The SMILES string of the molecule is c1ccc2c(-c3ccc4ccc(-c5ccc6ccc(-c7cccc8cccnc78)nc6c5)nc4c3)cccc2c1. The molecule has 0 aliphatic carbocycles. The minimum Gasteiger partial charge on any atom is -0.256 e. The summed E-state index contributed by atoms with van der Waals surface area (Å²) in [5, 5.41) is 5.82. The average molecular weight is 510 g/mol. The lowest BCUT2D eigenvalue weighted by molar-refractivity contribution is 1.36. The Labute approximate surface area is 231 Å². The van der Waals surface area contributed by atoms with E-state index in [4.69, 9.17) is 9.97 Å². The van der Waals surface area contributed by atoms with E-state index >= 15 is 0 Å². The number of benzene rings is 5. The van der Waals surface area contributed by atoms with Gasteiger partial charge in [0.2, 0.25) is 0 Å². The predicted molar refractivity (Wildman–Crippen MR) is 166 cm³/mol. The van der Waals surface area contributed by atoms with Crippen LogP contribution in [0.15, 0.2) is 140 Å². The lowest BCUT2D eigenvalue weighted by Gasteiger charge is -2.10. The zero-order valence-electron chi connectivity index (χ0n) is 21.6. The van der Waals surface area contributed by atoms with E-state index in [0.717, 1.165) is 55.2 Å². The number of rotatable bonds is 3. The van der Waals surface area contributed by atoms with E-state index in [2.05, 4.69) is 132 Å². The smallest absolute Gasteiger partial charge is 0.0795 e. The molecule has 0 saturated carbocycles. The fourth-order valence-electron chi connectivity index (χ4n) is 5.66. The van der Waals surface area contributed by atoms with Crippen LogP contribution in [0, 0.1) is 0 Å². The highest BCUT2D eigenvalue weighted by Gasteiger charge is 2.10. The highest BCUT2D eigenvalue weighted by atomic mass is 14.7. The Kier molecular flexibility index (Phi) is 5.14. The maximum Gasteiger partial charge on any atom is 0.0795 e. The van der Waals surface area contributed by atoms with E-state index in [-0.39, 0.29) is 0 Å². The molecule has 0 spiro atoms. The van der Waals surface area contributed by atoms with Crippen molar-refractivity contribution in [2.24, 2.45) is 0 Å². The third kappa shape index (κ3) is 3.79. The third-order valence-corrected chi connectivity index (χ3v) is 7.69. The van der Waals surface area contributed by atoms with Gasteiger partial charge in [0.15, 0.2) is 0 Å². The zero-order valence-corrected chi connectivity index (χ0v) is 21.6. The van der Waals surface area contributed by atoms with Crippen molar-refractivity contribution < 1.29 is 0 Å². The van der Waals surface area contributed by atoms with Crippen molar-refractivity contribution in [3.63, 3.8) is 0 Å². The molecule has 3 heterocycles. The first-order valence-corrected chi connectivity index (χ1v) is 13.4. The van der Waals surface area contributed by atoms with Crippen LogP contribution in [0.25, 0.3) is 77.1 Å². The van der Waals surface area contributed by atoms with Crippen molar-refractivity contribution in [1.29, 1.82) is 0 Å². The van der Waals surface area contributed by atoms with E-state index in [1.165, 1.54) is 21.9 Å². The molecule has 0 N–H and O–H groups in total. The first kappa shape index (κ1) is 22.6. The largest absolute Gasteiger partial charge is 0.256 e. The van der Waals surface area contributed by atoms with Gasteiger partial charge in [-0.2, -0.15) is 0 Å². The summed E-state index contributed by atoms with van der Waals surface area (Å²) < 4.78 is 0. The molecule has 0 fully saturated rings. The second kappa shape index (κ2) is 9.11. The fraction of sp³-hybridized carbons (Fsp3) is 0. The molecule has 0 radical (unpaired) electrons. The molecule has 8 aromatic rings. The number of fused-ring (bicyclic) bond motifs is 4. The third-order valence-electron chi connectivity index (χ3n) is 7.69. The molecule has 8 rings (SSSR count). The first-order valence-electron chi connectivity index (χ1n) is 13.4. The average Bonchev–Trinajstić information content (AvgIpc) is 3.03. The van der Waals surface area contributed by atoms with Crippen LogP contribution in [-0.4, -0.2) is 15.0 Å². The first-order chi connectivity index (χ1) is 19.8. The summed E-state index contributed by atoms with van der Waals surface area (Å²) in [6.07, 6.45) is 1.84. The van der Waals surface area contributed by atoms with Gasteiger partial charge in [-0.05, 0) is 52.2 Å². The highest BCUT2D eigenvalue weighted by molar-refractivity contribution is 5.99. The van der Waals surface area contributed by atoms with Crippen LogP contribution in [0.2, 0.25) is 0 Å². The Bertz CT molecular complexity index is 2060. The van der Waals surface area contributed by atoms with Crippen molar-refractivity contribution in [3.05, 3.63) is 140 Å². The molecule has 0 aliphatic heterocycles. The number of aromatic nitrogens is 3. The molecule has 0 atom stereocenters. The van der Waals surface area contributed by atoms with Crippen LogP contribution in [0.5, 0.6) is 0 Å². The quantitative estimate of drug-likeness (QED) is 0.238. The molecule has 5 aromatic carbocycles. The van der Waals surface area contributed by atoms with Gasteiger partial charge in [-0.1, -0.05) is 103 Å². The molecule has 3 aromatic heterocycles. The number of pyridine rings is 3. The maximum atomic E-state index is 5.10. The van der Waals surface area contributed by atoms with Crippen LogP contribution in [-0.2, 0) is 0 Å². The van der Waals surface area contributed by atoms with Crippen LogP contribution in [0.4, 0.5) is 0 Å². The summed E-state index contributed by atoms with van der Waals surface area (Å²) in [5.74, 6) is 0. The summed E-state index contributed by atoms with van der Waals surface area (Å²) in [6.45, 7) is 0. The number of hydrogen-bond donors (Lipinski definition) is 0. The molecule has 186 valence electrons. The van der Waals surface area contributed by atoms with Gasteiger partial charge in [-0.25, -0.2) is 9.97 Å². The van der Waals surface area contributed by atoms with Crippen LogP contribution < -0.4 is 0 Å². The summed E-state index contributed by atoms with van der Waals surface area (Å²) in [5.41, 5.74) is 9.21. The monoisotopic (exact) mass is 509 g/mol. The second-order valence-electron chi connectivity index (χ2n) is 10.1. The van der Waals surface area contributed by atoms with Crippen molar-refractivity contribution >= 4 is 43.5 Å². The zero-order chi connectivity index (χ0) is 26.5. The fourth-order valence-corrected chi connectivity index (χ4v) is 5.66. The number of nitrogens with zero attached hydrogens (tertiary/aromatic N) is 3. The second-order valence-corrected chi connectivity index (χ2v) is 10.1. The Balaban J connectivity index is 1.22. The summed E-state index contributed by atoms with van der Waals surface area (Å²) in [7, 11) is 0. The van der Waals surface area contributed by atoms with E-state index < -0.39 is 0 Å². The van der Waals surface area contributed by atoms with Gasteiger partial charge in [0.05, 0.1) is 27.9 Å². The maximum absolute atomic E-state index is 5.10. The van der Waals surface area contributed by atoms with Crippen LogP contribution in [0.1, 0.15) is 0 Å². The van der Waals surface area contributed by atoms with Gasteiger partial charge in [0, 0.05) is 33.5 Å². The highest BCUT2D eigenvalue weighted by Crippen LogP contribution is 2.32. The molecular weight excluding hydrogens is 486 g/mol. The van der Waals surface area contributed by atoms with E-state index in [1.807, 2.05) is 12.3 Å². The lowest BCUT2D eigenvalue weighted by atomic mass is 9.97.